The molecular formula is C14H19N3O2. The first-order chi connectivity index (χ1) is 8.95. The largest absolute Gasteiger partial charge is 0.345 e. The number of rotatable bonds is 5. The Labute approximate surface area is 113 Å². The molecule has 2 amide bonds. The van der Waals surface area contributed by atoms with Crippen LogP contribution < -0.4 is 11.1 Å². The maximum atomic E-state index is 11.8. The van der Waals surface area contributed by atoms with Crippen LogP contribution >= 0.6 is 0 Å². The van der Waals surface area contributed by atoms with Crippen molar-refractivity contribution in [1.29, 1.82) is 0 Å². The van der Waals surface area contributed by atoms with E-state index in [1.165, 1.54) is 4.90 Å². The molecule has 0 aliphatic rings. The lowest BCUT2D eigenvalue weighted by Crippen LogP contribution is -2.35. The van der Waals surface area contributed by atoms with E-state index in [0.29, 0.717) is 17.7 Å². The molecule has 102 valence electrons. The number of hydrogen-bond donors (Lipinski definition) is 2. The van der Waals surface area contributed by atoms with E-state index in [1.54, 1.807) is 44.4 Å². The first-order valence-corrected chi connectivity index (χ1v) is 5.94. The van der Waals surface area contributed by atoms with Crippen molar-refractivity contribution in [2.24, 2.45) is 5.73 Å². The van der Waals surface area contributed by atoms with Gasteiger partial charge in [0.05, 0.1) is 6.04 Å². The molecule has 19 heavy (non-hydrogen) atoms. The van der Waals surface area contributed by atoms with Crippen molar-refractivity contribution < 1.29 is 9.59 Å². The van der Waals surface area contributed by atoms with E-state index < -0.39 is 6.04 Å². The molecule has 5 heteroatoms. The van der Waals surface area contributed by atoms with Gasteiger partial charge >= 0.3 is 0 Å². The van der Waals surface area contributed by atoms with Crippen molar-refractivity contribution in [3.8, 4) is 0 Å². The molecule has 0 aliphatic heterocycles. The van der Waals surface area contributed by atoms with Crippen LogP contribution in [0.2, 0.25) is 0 Å². The minimum absolute atomic E-state index is 0.119. The lowest BCUT2D eigenvalue weighted by molar-refractivity contribution is -0.117. The summed E-state index contributed by atoms with van der Waals surface area (Å²) in [6, 6.07) is 6.12. The van der Waals surface area contributed by atoms with Gasteiger partial charge in [-0.05, 0) is 24.6 Å². The monoisotopic (exact) mass is 261 g/mol. The van der Waals surface area contributed by atoms with Gasteiger partial charge < -0.3 is 16.0 Å². The molecular weight excluding hydrogens is 242 g/mol. The summed E-state index contributed by atoms with van der Waals surface area (Å²) < 4.78 is 0. The van der Waals surface area contributed by atoms with Gasteiger partial charge in [-0.25, -0.2) is 0 Å². The van der Waals surface area contributed by atoms with Gasteiger partial charge in [0.1, 0.15) is 0 Å². The van der Waals surface area contributed by atoms with E-state index in [0.717, 1.165) is 0 Å². The summed E-state index contributed by atoms with van der Waals surface area (Å²) in [6.45, 7) is 3.54. The molecule has 1 unspecified atom stereocenters. The smallest absolute Gasteiger partial charge is 0.253 e. The minimum atomic E-state index is -0.634. The SMILES string of the molecule is C=CCC(N)C(=O)Nc1cccc(C(=O)N(C)C)c1. The van der Waals surface area contributed by atoms with Crippen molar-refractivity contribution in [3.05, 3.63) is 42.5 Å². The van der Waals surface area contributed by atoms with E-state index in [2.05, 4.69) is 11.9 Å². The Morgan fingerprint density at radius 3 is 2.74 bits per heavy atom. The normalized spacial score (nSPS) is 11.5. The topological polar surface area (TPSA) is 75.4 Å². The van der Waals surface area contributed by atoms with Crippen molar-refractivity contribution in [2.45, 2.75) is 12.5 Å². The van der Waals surface area contributed by atoms with Gasteiger partial charge in [0.2, 0.25) is 5.91 Å². The first-order valence-electron chi connectivity index (χ1n) is 5.94. The molecule has 1 rings (SSSR count). The Balaban J connectivity index is 2.80. The molecule has 0 radical (unpaired) electrons. The minimum Gasteiger partial charge on any atom is -0.345 e. The van der Waals surface area contributed by atoms with Crippen molar-refractivity contribution >= 4 is 17.5 Å². The van der Waals surface area contributed by atoms with Crippen LogP contribution in [0.1, 0.15) is 16.8 Å². The summed E-state index contributed by atoms with van der Waals surface area (Å²) >= 11 is 0. The standard InChI is InChI=1S/C14H19N3O2/c1-4-6-12(15)13(18)16-11-8-5-7-10(9-11)14(19)17(2)3/h4-5,7-9,12H,1,6,15H2,2-3H3,(H,16,18). The lowest BCUT2D eigenvalue weighted by Gasteiger charge is -2.13. The van der Waals surface area contributed by atoms with Crippen molar-refractivity contribution in [2.75, 3.05) is 19.4 Å². The number of benzene rings is 1. The van der Waals surface area contributed by atoms with Crippen LogP contribution in [-0.4, -0.2) is 36.9 Å². The van der Waals surface area contributed by atoms with E-state index >= 15 is 0 Å². The van der Waals surface area contributed by atoms with Crippen LogP contribution in [-0.2, 0) is 4.79 Å². The molecule has 1 aromatic rings. The highest BCUT2D eigenvalue weighted by Crippen LogP contribution is 2.12. The average Bonchev–Trinajstić information content (AvgIpc) is 2.38. The molecule has 0 saturated heterocycles. The second kappa shape index (κ2) is 6.70. The number of carbonyl (C=O) groups is 2. The maximum absolute atomic E-state index is 11.8. The van der Waals surface area contributed by atoms with Crippen LogP contribution in [0, 0.1) is 0 Å². The molecule has 3 N–H and O–H groups in total. The second-order valence-corrected chi connectivity index (χ2v) is 4.40. The molecule has 0 aromatic heterocycles. The molecule has 0 aliphatic carbocycles. The van der Waals surface area contributed by atoms with Gasteiger partial charge in [-0.15, -0.1) is 6.58 Å². The summed E-state index contributed by atoms with van der Waals surface area (Å²) in [5.74, 6) is -0.416. The average molecular weight is 261 g/mol. The highest BCUT2D eigenvalue weighted by atomic mass is 16.2. The van der Waals surface area contributed by atoms with Crippen LogP contribution in [0.3, 0.4) is 0 Å². The number of nitrogens with one attached hydrogen (secondary N) is 1. The highest BCUT2D eigenvalue weighted by Gasteiger charge is 2.13. The summed E-state index contributed by atoms with van der Waals surface area (Å²) in [4.78, 5) is 25.0. The zero-order valence-corrected chi connectivity index (χ0v) is 11.2. The van der Waals surface area contributed by atoms with Crippen LogP contribution in [0.4, 0.5) is 5.69 Å². The third-order valence-corrected chi connectivity index (χ3v) is 2.54. The summed E-state index contributed by atoms with van der Waals surface area (Å²) in [5.41, 5.74) is 6.73. The third-order valence-electron chi connectivity index (χ3n) is 2.54. The van der Waals surface area contributed by atoms with Crippen molar-refractivity contribution in [1.82, 2.24) is 4.90 Å². The molecule has 0 saturated carbocycles. The molecule has 0 bridgehead atoms. The molecule has 1 atom stereocenters. The van der Waals surface area contributed by atoms with Gasteiger partial charge in [0.25, 0.3) is 5.91 Å². The Kier molecular flexibility index (Phi) is 5.26. The Morgan fingerprint density at radius 1 is 1.47 bits per heavy atom. The van der Waals surface area contributed by atoms with Crippen molar-refractivity contribution in [3.63, 3.8) is 0 Å². The van der Waals surface area contributed by atoms with E-state index in [9.17, 15) is 9.59 Å². The van der Waals surface area contributed by atoms with E-state index in [1.807, 2.05) is 0 Å². The zero-order chi connectivity index (χ0) is 14.4. The molecule has 0 spiro atoms. The first kappa shape index (κ1) is 14.9. The number of hydrogen-bond acceptors (Lipinski definition) is 3. The van der Waals surface area contributed by atoms with Crippen LogP contribution in [0.5, 0.6) is 0 Å². The van der Waals surface area contributed by atoms with Gasteiger partial charge in [-0.3, -0.25) is 9.59 Å². The third kappa shape index (κ3) is 4.22. The number of anilines is 1. The van der Waals surface area contributed by atoms with Gasteiger partial charge in [0.15, 0.2) is 0 Å². The molecule has 5 nitrogen and oxygen atoms in total. The van der Waals surface area contributed by atoms with E-state index in [4.69, 9.17) is 5.73 Å². The predicted molar refractivity (Wildman–Crippen MR) is 75.9 cm³/mol. The molecule has 0 fully saturated rings. The summed E-state index contributed by atoms with van der Waals surface area (Å²) in [5, 5.41) is 2.68. The fraction of sp³-hybridized carbons (Fsp3) is 0.286. The molecule has 1 aromatic carbocycles. The Morgan fingerprint density at radius 2 is 2.16 bits per heavy atom. The summed E-state index contributed by atoms with van der Waals surface area (Å²) in [6.07, 6.45) is 2.00. The predicted octanol–water partition coefficient (Wildman–Crippen LogP) is 1.23. The van der Waals surface area contributed by atoms with E-state index in [-0.39, 0.29) is 11.8 Å². The lowest BCUT2D eigenvalue weighted by atomic mass is 10.1. The molecule has 0 heterocycles. The number of amides is 2. The fourth-order valence-electron chi connectivity index (χ4n) is 1.51. The zero-order valence-electron chi connectivity index (χ0n) is 11.2. The second-order valence-electron chi connectivity index (χ2n) is 4.40. The maximum Gasteiger partial charge on any atom is 0.253 e. The number of carbonyl (C=O) groups excluding carboxylic acids is 2. The number of nitrogens with two attached hydrogens (primary N) is 1. The van der Waals surface area contributed by atoms with Gasteiger partial charge in [-0.1, -0.05) is 12.1 Å². The van der Waals surface area contributed by atoms with Gasteiger partial charge in [0, 0.05) is 25.3 Å². The van der Waals surface area contributed by atoms with Crippen LogP contribution in [0.15, 0.2) is 36.9 Å². The summed E-state index contributed by atoms with van der Waals surface area (Å²) in [7, 11) is 3.35. The quantitative estimate of drug-likeness (QED) is 0.783. The fourth-order valence-corrected chi connectivity index (χ4v) is 1.51. The van der Waals surface area contributed by atoms with Crippen LogP contribution in [0.25, 0.3) is 0 Å². The Bertz CT molecular complexity index is 483. The highest BCUT2D eigenvalue weighted by molar-refractivity contribution is 5.98. The number of nitrogens with zero attached hydrogens (tertiary/aromatic N) is 1. The Hall–Kier alpha value is -2.14. The van der Waals surface area contributed by atoms with Gasteiger partial charge in [-0.2, -0.15) is 0 Å².